The molecule has 2 heterocycles. The lowest BCUT2D eigenvalue weighted by Gasteiger charge is -2.26. The van der Waals surface area contributed by atoms with E-state index in [1.54, 1.807) is 0 Å². The molecular formula is C13H20N2O2. The van der Waals surface area contributed by atoms with Crippen LogP contribution in [0.3, 0.4) is 0 Å². The third-order valence-electron chi connectivity index (χ3n) is 3.38. The number of likely N-dealkylation sites (tertiary alicyclic amines) is 1. The summed E-state index contributed by atoms with van der Waals surface area (Å²) in [5, 5.41) is 3.81. The monoisotopic (exact) mass is 236 g/mol. The van der Waals surface area contributed by atoms with Gasteiger partial charge in [-0.05, 0) is 26.7 Å². The SMILES string of the molecule is Cc1cc(CC(=O)N2CCCCCC2C)on1. The first kappa shape index (κ1) is 12.1. The zero-order valence-corrected chi connectivity index (χ0v) is 10.6. The maximum Gasteiger partial charge on any atom is 0.230 e. The van der Waals surface area contributed by atoms with Crippen molar-refractivity contribution in [1.82, 2.24) is 10.1 Å². The number of hydrogen-bond acceptors (Lipinski definition) is 3. The molecule has 1 aliphatic rings. The van der Waals surface area contributed by atoms with E-state index in [0.717, 1.165) is 25.1 Å². The van der Waals surface area contributed by atoms with Gasteiger partial charge in [-0.1, -0.05) is 18.0 Å². The van der Waals surface area contributed by atoms with Gasteiger partial charge in [0.05, 0.1) is 12.1 Å². The molecule has 0 saturated carbocycles. The first-order chi connectivity index (χ1) is 8.16. The van der Waals surface area contributed by atoms with Crippen LogP contribution < -0.4 is 0 Å². The molecule has 0 bridgehead atoms. The van der Waals surface area contributed by atoms with Crippen LogP contribution in [-0.4, -0.2) is 28.6 Å². The van der Waals surface area contributed by atoms with E-state index in [-0.39, 0.29) is 5.91 Å². The smallest absolute Gasteiger partial charge is 0.230 e. The van der Waals surface area contributed by atoms with E-state index in [1.807, 2.05) is 17.9 Å². The fourth-order valence-corrected chi connectivity index (χ4v) is 2.40. The molecule has 2 rings (SSSR count). The normalized spacial score (nSPS) is 21.3. The van der Waals surface area contributed by atoms with Crippen molar-refractivity contribution in [1.29, 1.82) is 0 Å². The maximum absolute atomic E-state index is 12.2. The van der Waals surface area contributed by atoms with Gasteiger partial charge in [0.2, 0.25) is 5.91 Å². The standard InChI is InChI=1S/C13H20N2O2/c1-10-8-12(17-14-10)9-13(16)15-7-5-3-4-6-11(15)2/h8,11H,3-7,9H2,1-2H3. The number of carbonyl (C=O) groups excluding carboxylic acids is 1. The average molecular weight is 236 g/mol. The molecule has 0 aliphatic carbocycles. The highest BCUT2D eigenvalue weighted by molar-refractivity contribution is 5.78. The minimum atomic E-state index is 0.163. The van der Waals surface area contributed by atoms with Crippen molar-refractivity contribution in [3.63, 3.8) is 0 Å². The van der Waals surface area contributed by atoms with Crippen LogP contribution in [-0.2, 0) is 11.2 Å². The zero-order valence-electron chi connectivity index (χ0n) is 10.6. The summed E-state index contributed by atoms with van der Waals surface area (Å²) < 4.78 is 5.09. The number of nitrogens with zero attached hydrogens (tertiary/aromatic N) is 2. The first-order valence-electron chi connectivity index (χ1n) is 6.38. The van der Waals surface area contributed by atoms with E-state index in [2.05, 4.69) is 12.1 Å². The third-order valence-corrected chi connectivity index (χ3v) is 3.38. The zero-order chi connectivity index (χ0) is 12.3. The fraction of sp³-hybridized carbons (Fsp3) is 0.692. The Morgan fingerprint density at radius 2 is 2.35 bits per heavy atom. The second-order valence-electron chi connectivity index (χ2n) is 4.90. The Morgan fingerprint density at radius 3 is 3.06 bits per heavy atom. The van der Waals surface area contributed by atoms with Gasteiger partial charge in [0.25, 0.3) is 0 Å². The average Bonchev–Trinajstić information content (AvgIpc) is 2.57. The molecule has 17 heavy (non-hydrogen) atoms. The van der Waals surface area contributed by atoms with Gasteiger partial charge < -0.3 is 9.42 Å². The molecule has 0 aromatic carbocycles. The van der Waals surface area contributed by atoms with Gasteiger partial charge in [-0.15, -0.1) is 0 Å². The highest BCUT2D eigenvalue weighted by Gasteiger charge is 2.22. The largest absolute Gasteiger partial charge is 0.361 e. The van der Waals surface area contributed by atoms with Crippen LogP contribution in [0.1, 0.15) is 44.1 Å². The Kier molecular flexibility index (Phi) is 3.82. The summed E-state index contributed by atoms with van der Waals surface area (Å²) in [7, 11) is 0. The number of rotatable bonds is 2. The van der Waals surface area contributed by atoms with Gasteiger partial charge in [-0.3, -0.25) is 4.79 Å². The molecule has 0 N–H and O–H groups in total. The summed E-state index contributed by atoms with van der Waals surface area (Å²) in [6.07, 6.45) is 5.03. The summed E-state index contributed by atoms with van der Waals surface area (Å²) in [5.41, 5.74) is 0.830. The molecule has 1 atom stereocenters. The van der Waals surface area contributed by atoms with Gasteiger partial charge in [0.15, 0.2) is 0 Å². The number of hydrogen-bond donors (Lipinski definition) is 0. The van der Waals surface area contributed by atoms with E-state index in [1.165, 1.54) is 12.8 Å². The molecule has 1 fully saturated rings. The molecule has 1 aromatic heterocycles. The van der Waals surface area contributed by atoms with Gasteiger partial charge in [0, 0.05) is 18.7 Å². The Hall–Kier alpha value is -1.32. The highest BCUT2D eigenvalue weighted by Crippen LogP contribution is 2.17. The van der Waals surface area contributed by atoms with Crippen molar-refractivity contribution in [2.45, 2.75) is 52.0 Å². The van der Waals surface area contributed by atoms with Crippen LogP contribution >= 0.6 is 0 Å². The van der Waals surface area contributed by atoms with Crippen LogP contribution in [0.2, 0.25) is 0 Å². The van der Waals surface area contributed by atoms with Crippen LogP contribution in [0, 0.1) is 6.92 Å². The highest BCUT2D eigenvalue weighted by atomic mass is 16.5. The lowest BCUT2D eigenvalue weighted by molar-refractivity contribution is -0.132. The van der Waals surface area contributed by atoms with E-state index < -0.39 is 0 Å². The summed E-state index contributed by atoms with van der Waals surface area (Å²) in [5.74, 6) is 0.833. The Labute approximate surface area is 102 Å². The van der Waals surface area contributed by atoms with Gasteiger partial charge >= 0.3 is 0 Å². The number of aromatic nitrogens is 1. The summed E-state index contributed by atoms with van der Waals surface area (Å²) in [6, 6.07) is 2.19. The predicted molar refractivity (Wildman–Crippen MR) is 64.6 cm³/mol. The molecule has 94 valence electrons. The lowest BCUT2D eigenvalue weighted by Crippen LogP contribution is -2.39. The van der Waals surface area contributed by atoms with Crippen molar-refractivity contribution in [2.24, 2.45) is 0 Å². The van der Waals surface area contributed by atoms with Crippen LogP contribution in [0.25, 0.3) is 0 Å². The van der Waals surface area contributed by atoms with Crippen molar-refractivity contribution < 1.29 is 9.32 Å². The number of amides is 1. The molecule has 0 radical (unpaired) electrons. The lowest BCUT2D eigenvalue weighted by atomic mass is 10.1. The summed E-state index contributed by atoms with van der Waals surface area (Å²) >= 11 is 0. The van der Waals surface area contributed by atoms with Gasteiger partial charge in [0.1, 0.15) is 5.76 Å². The number of aryl methyl sites for hydroxylation is 1. The third kappa shape index (κ3) is 3.08. The summed E-state index contributed by atoms with van der Waals surface area (Å²) in [4.78, 5) is 14.2. The molecule has 4 nitrogen and oxygen atoms in total. The topological polar surface area (TPSA) is 46.3 Å². The Bertz CT molecular complexity index is 387. The first-order valence-corrected chi connectivity index (χ1v) is 6.38. The fourth-order valence-electron chi connectivity index (χ4n) is 2.40. The van der Waals surface area contributed by atoms with E-state index in [0.29, 0.717) is 18.2 Å². The van der Waals surface area contributed by atoms with Crippen molar-refractivity contribution >= 4 is 5.91 Å². The number of carbonyl (C=O) groups is 1. The van der Waals surface area contributed by atoms with E-state index >= 15 is 0 Å². The van der Waals surface area contributed by atoms with E-state index in [4.69, 9.17) is 4.52 Å². The maximum atomic E-state index is 12.2. The molecule has 1 unspecified atom stereocenters. The molecule has 4 heteroatoms. The quantitative estimate of drug-likeness (QED) is 0.791. The molecular weight excluding hydrogens is 216 g/mol. The van der Waals surface area contributed by atoms with Gasteiger partial charge in [-0.2, -0.15) is 0 Å². The Balaban J connectivity index is 1.98. The van der Waals surface area contributed by atoms with Crippen molar-refractivity contribution in [3.8, 4) is 0 Å². The van der Waals surface area contributed by atoms with E-state index in [9.17, 15) is 4.79 Å². The molecule has 1 saturated heterocycles. The minimum absolute atomic E-state index is 0.163. The summed E-state index contributed by atoms with van der Waals surface area (Å²) in [6.45, 7) is 4.88. The second-order valence-corrected chi connectivity index (χ2v) is 4.90. The molecule has 1 aliphatic heterocycles. The molecule has 0 spiro atoms. The van der Waals surface area contributed by atoms with Crippen LogP contribution in [0.5, 0.6) is 0 Å². The van der Waals surface area contributed by atoms with Gasteiger partial charge in [-0.25, -0.2) is 0 Å². The molecule has 1 amide bonds. The van der Waals surface area contributed by atoms with Crippen molar-refractivity contribution in [2.75, 3.05) is 6.54 Å². The predicted octanol–water partition coefficient (Wildman–Crippen LogP) is 2.32. The minimum Gasteiger partial charge on any atom is -0.361 e. The molecule has 1 aromatic rings. The van der Waals surface area contributed by atoms with Crippen molar-refractivity contribution in [3.05, 3.63) is 17.5 Å². The van der Waals surface area contributed by atoms with Crippen LogP contribution in [0.15, 0.2) is 10.6 Å². The van der Waals surface area contributed by atoms with Crippen LogP contribution in [0.4, 0.5) is 0 Å². The Morgan fingerprint density at radius 1 is 1.53 bits per heavy atom. The second kappa shape index (κ2) is 5.34.